The molecule has 35 heavy (non-hydrogen) atoms. The Labute approximate surface area is 209 Å². The number of nitrogens with one attached hydrogen (secondary N) is 1. The summed E-state index contributed by atoms with van der Waals surface area (Å²) in [6.07, 6.45) is 4.20. The molecule has 0 spiro atoms. The van der Waals surface area contributed by atoms with Crippen LogP contribution in [-0.2, 0) is 29.0 Å². The monoisotopic (exact) mass is 475 g/mol. The maximum absolute atomic E-state index is 13.0. The first-order chi connectivity index (χ1) is 17.1. The van der Waals surface area contributed by atoms with Crippen molar-refractivity contribution >= 4 is 5.91 Å². The van der Waals surface area contributed by atoms with E-state index in [1.807, 2.05) is 35.4 Å². The van der Waals surface area contributed by atoms with Crippen molar-refractivity contribution in [2.45, 2.75) is 39.3 Å². The molecule has 1 N–H and O–H groups in total. The molecule has 0 fully saturated rings. The van der Waals surface area contributed by atoms with Crippen LogP contribution in [0.1, 0.15) is 36.5 Å². The average molecular weight is 476 g/mol. The Balaban J connectivity index is 1.58. The van der Waals surface area contributed by atoms with Gasteiger partial charge in [0.2, 0.25) is 5.91 Å². The van der Waals surface area contributed by atoms with Gasteiger partial charge >= 0.3 is 0 Å². The van der Waals surface area contributed by atoms with Crippen LogP contribution in [0.25, 0.3) is 11.3 Å². The van der Waals surface area contributed by atoms with Crippen molar-refractivity contribution in [1.29, 1.82) is 0 Å². The summed E-state index contributed by atoms with van der Waals surface area (Å²) in [5.41, 5.74) is 5.40. The fourth-order valence-electron chi connectivity index (χ4n) is 3.81. The molecule has 0 aliphatic heterocycles. The van der Waals surface area contributed by atoms with Crippen molar-refractivity contribution in [3.63, 3.8) is 0 Å². The molecule has 0 saturated carbocycles. The van der Waals surface area contributed by atoms with E-state index in [1.165, 1.54) is 5.56 Å². The first kappa shape index (κ1) is 26.4. The number of hydrogen-bond donors (Lipinski definition) is 1. The highest BCUT2D eigenvalue weighted by Gasteiger charge is 2.14. The molecule has 3 aromatic rings. The van der Waals surface area contributed by atoms with Crippen molar-refractivity contribution < 1.29 is 14.3 Å². The lowest BCUT2D eigenvalue weighted by Crippen LogP contribution is -2.33. The molecule has 1 aromatic heterocycles. The topological polar surface area (TPSA) is 63.7 Å². The van der Waals surface area contributed by atoms with Crippen LogP contribution in [0, 0.1) is 0 Å². The lowest BCUT2D eigenvalue weighted by molar-refractivity contribution is -0.132. The van der Waals surface area contributed by atoms with Gasteiger partial charge in [-0.3, -0.25) is 9.78 Å². The van der Waals surface area contributed by atoms with E-state index in [9.17, 15) is 4.79 Å². The second kappa shape index (κ2) is 14.2. The van der Waals surface area contributed by atoms with Crippen molar-refractivity contribution in [3.05, 3.63) is 83.6 Å². The third-order valence-electron chi connectivity index (χ3n) is 5.91. The van der Waals surface area contributed by atoms with Crippen LogP contribution >= 0.6 is 0 Å². The van der Waals surface area contributed by atoms with Crippen molar-refractivity contribution in [1.82, 2.24) is 15.2 Å². The van der Waals surface area contributed by atoms with Crippen LogP contribution in [0.5, 0.6) is 5.75 Å². The Morgan fingerprint density at radius 1 is 0.943 bits per heavy atom. The Kier molecular flexibility index (Phi) is 10.7. The smallest absolute Gasteiger partial charge is 0.223 e. The maximum Gasteiger partial charge on any atom is 0.223 e. The SMILES string of the molecule is CCCNCc1ccc(-c2ccc(CN(CCOC)C(=O)CCc3ccc(OC)cc3)cc2)nc1. The molecule has 0 aliphatic carbocycles. The van der Waals surface area contributed by atoms with Crippen molar-refractivity contribution in [2.24, 2.45) is 0 Å². The molecule has 186 valence electrons. The molecular weight excluding hydrogens is 438 g/mol. The van der Waals surface area contributed by atoms with Gasteiger partial charge in [0, 0.05) is 44.9 Å². The van der Waals surface area contributed by atoms with Crippen LogP contribution in [0.2, 0.25) is 0 Å². The molecule has 0 aliphatic rings. The molecule has 1 amide bonds. The van der Waals surface area contributed by atoms with Crippen LogP contribution in [-0.4, -0.2) is 49.7 Å². The van der Waals surface area contributed by atoms with E-state index in [0.717, 1.165) is 47.6 Å². The fourth-order valence-corrected chi connectivity index (χ4v) is 3.81. The van der Waals surface area contributed by atoms with E-state index in [4.69, 9.17) is 9.47 Å². The van der Waals surface area contributed by atoms with Gasteiger partial charge in [0.25, 0.3) is 0 Å². The molecule has 0 atom stereocenters. The molecule has 2 aromatic carbocycles. The minimum atomic E-state index is 0.121. The van der Waals surface area contributed by atoms with E-state index in [1.54, 1.807) is 14.2 Å². The Morgan fingerprint density at radius 3 is 2.29 bits per heavy atom. The molecule has 6 nitrogen and oxygen atoms in total. The van der Waals surface area contributed by atoms with Gasteiger partial charge in [-0.05, 0) is 54.3 Å². The lowest BCUT2D eigenvalue weighted by atomic mass is 10.1. The van der Waals surface area contributed by atoms with Crippen LogP contribution in [0.3, 0.4) is 0 Å². The normalized spacial score (nSPS) is 10.8. The third kappa shape index (κ3) is 8.50. The quantitative estimate of drug-likeness (QED) is 0.337. The molecular formula is C29H37N3O3. The number of carbonyl (C=O) groups excluding carboxylic acids is 1. The van der Waals surface area contributed by atoms with E-state index in [-0.39, 0.29) is 5.91 Å². The third-order valence-corrected chi connectivity index (χ3v) is 5.91. The van der Waals surface area contributed by atoms with Gasteiger partial charge in [-0.1, -0.05) is 49.4 Å². The predicted molar refractivity (Wildman–Crippen MR) is 140 cm³/mol. The zero-order chi connectivity index (χ0) is 24.9. The number of aromatic nitrogens is 1. The molecule has 6 heteroatoms. The number of amides is 1. The number of nitrogens with zero attached hydrogens (tertiary/aromatic N) is 2. The maximum atomic E-state index is 13.0. The number of pyridine rings is 1. The summed E-state index contributed by atoms with van der Waals surface area (Å²) in [6, 6.07) is 20.3. The van der Waals surface area contributed by atoms with Crippen LogP contribution in [0.4, 0.5) is 0 Å². The predicted octanol–water partition coefficient (Wildman–Crippen LogP) is 4.86. The van der Waals surface area contributed by atoms with Gasteiger partial charge < -0.3 is 19.7 Å². The van der Waals surface area contributed by atoms with E-state index < -0.39 is 0 Å². The average Bonchev–Trinajstić information content (AvgIpc) is 2.91. The summed E-state index contributed by atoms with van der Waals surface area (Å²) in [4.78, 5) is 19.5. The first-order valence-corrected chi connectivity index (χ1v) is 12.3. The van der Waals surface area contributed by atoms with Gasteiger partial charge in [-0.2, -0.15) is 0 Å². The molecule has 3 rings (SSSR count). The summed E-state index contributed by atoms with van der Waals surface area (Å²) in [7, 11) is 3.31. The largest absolute Gasteiger partial charge is 0.497 e. The fraction of sp³-hybridized carbons (Fsp3) is 0.379. The second-order valence-electron chi connectivity index (χ2n) is 8.58. The van der Waals surface area contributed by atoms with E-state index in [0.29, 0.717) is 32.5 Å². The molecule has 0 bridgehead atoms. The van der Waals surface area contributed by atoms with Gasteiger partial charge in [0.15, 0.2) is 0 Å². The van der Waals surface area contributed by atoms with Gasteiger partial charge in [-0.25, -0.2) is 0 Å². The van der Waals surface area contributed by atoms with Gasteiger partial charge in [0.1, 0.15) is 5.75 Å². The highest BCUT2D eigenvalue weighted by atomic mass is 16.5. The van der Waals surface area contributed by atoms with Crippen LogP contribution < -0.4 is 10.1 Å². The molecule has 0 radical (unpaired) electrons. The number of hydrogen-bond acceptors (Lipinski definition) is 5. The highest BCUT2D eigenvalue weighted by molar-refractivity contribution is 5.76. The van der Waals surface area contributed by atoms with Crippen LogP contribution in [0.15, 0.2) is 66.9 Å². The van der Waals surface area contributed by atoms with Crippen molar-refractivity contribution in [3.8, 4) is 17.0 Å². The van der Waals surface area contributed by atoms with E-state index in [2.05, 4.69) is 53.6 Å². The standard InChI is InChI=1S/C29H37N3O3/c1-4-17-30-20-25-9-15-28(31-21-25)26-11-5-24(6-12-26)22-32(18-19-34-2)29(33)16-10-23-7-13-27(35-3)14-8-23/h5-9,11-15,21,30H,4,10,16-20,22H2,1-3H3. The Morgan fingerprint density at radius 2 is 1.66 bits per heavy atom. The summed E-state index contributed by atoms with van der Waals surface area (Å²) >= 11 is 0. The molecule has 1 heterocycles. The number of carbonyl (C=O) groups is 1. The summed E-state index contributed by atoms with van der Waals surface area (Å²) in [5, 5.41) is 3.40. The number of benzene rings is 2. The second-order valence-corrected chi connectivity index (χ2v) is 8.58. The summed E-state index contributed by atoms with van der Waals surface area (Å²) < 4.78 is 10.5. The number of methoxy groups -OCH3 is 2. The van der Waals surface area contributed by atoms with Crippen molar-refractivity contribution in [2.75, 3.05) is 33.9 Å². The molecule has 0 saturated heterocycles. The zero-order valence-corrected chi connectivity index (χ0v) is 21.1. The number of aryl methyl sites for hydroxylation is 1. The minimum Gasteiger partial charge on any atom is -0.497 e. The molecule has 0 unspecified atom stereocenters. The Hall–Kier alpha value is -3.22. The lowest BCUT2D eigenvalue weighted by Gasteiger charge is -2.23. The van der Waals surface area contributed by atoms with Gasteiger partial charge in [-0.15, -0.1) is 0 Å². The number of rotatable bonds is 14. The zero-order valence-electron chi connectivity index (χ0n) is 21.1. The van der Waals surface area contributed by atoms with E-state index >= 15 is 0 Å². The number of ether oxygens (including phenoxy) is 2. The first-order valence-electron chi connectivity index (χ1n) is 12.3. The summed E-state index contributed by atoms with van der Waals surface area (Å²) in [6.45, 7) is 5.64. The Bertz CT molecular complexity index is 1020. The summed E-state index contributed by atoms with van der Waals surface area (Å²) in [5.74, 6) is 0.941. The highest BCUT2D eigenvalue weighted by Crippen LogP contribution is 2.19. The minimum absolute atomic E-state index is 0.121. The van der Waals surface area contributed by atoms with Gasteiger partial charge in [0.05, 0.1) is 19.4 Å².